The molecular weight excluding hydrogens is 226 g/mol. The van der Waals surface area contributed by atoms with Crippen LogP contribution >= 0.6 is 0 Å². The lowest BCUT2D eigenvalue weighted by atomic mass is 9.85. The van der Waals surface area contributed by atoms with Crippen LogP contribution in [0.5, 0.6) is 0 Å². The molecule has 0 heterocycles. The third-order valence-corrected chi connectivity index (χ3v) is 3.63. The molecule has 1 aliphatic rings. The number of carbonyl (C=O) groups is 1. The molecule has 1 aromatic carbocycles. The molecule has 1 aliphatic carbocycles. The van der Waals surface area contributed by atoms with E-state index in [9.17, 15) is 4.79 Å². The first-order valence-electron chi connectivity index (χ1n) is 6.48. The van der Waals surface area contributed by atoms with Crippen molar-refractivity contribution < 1.29 is 4.79 Å². The summed E-state index contributed by atoms with van der Waals surface area (Å²) in [7, 11) is 2.11. The van der Waals surface area contributed by atoms with Gasteiger partial charge in [0.1, 0.15) is 0 Å². The van der Waals surface area contributed by atoms with Gasteiger partial charge in [-0.05, 0) is 37.4 Å². The van der Waals surface area contributed by atoms with Crippen molar-refractivity contribution in [2.75, 3.05) is 13.6 Å². The molecule has 0 aromatic heterocycles. The van der Waals surface area contributed by atoms with Gasteiger partial charge >= 0.3 is 0 Å². The Morgan fingerprint density at radius 1 is 1.44 bits per heavy atom. The molecular formula is C14H21N3O. The fraction of sp³-hybridized carbons (Fsp3) is 0.500. The van der Waals surface area contributed by atoms with Gasteiger partial charge in [0.2, 0.25) is 0 Å². The monoisotopic (exact) mass is 247 g/mol. The van der Waals surface area contributed by atoms with E-state index in [1.165, 1.54) is 19.3 Å². The third kappa shape index (κ3) is 3.09. The summed E-state index contributed by atoms with van der Waals surface area (Å²) in [4.78, 5) is 13.9. The minimum atomic E-state index is -0.220. The lowest BCUT2D eigenvalue weighted by Gasteiger charge is -2.30. The summed E-state index contributed by atoms with van der Waals surface area (Å²) in [6.07, 6.45) is 4.05. The first-order chi connectivity index (χ1) is 8.70. The molecule has 1 fully saturated rings. The normalized spacial score (nSPS) is 15.5. The Kier molecular flexibility index (Phi) is 4.33. The minimum absolute atomic E-state index is 0.220. The molecule has 0 bridgehead atoms. The van der Waals surface area contributed by atoms with Gasteiger partial charge in [-0.1, -0.05) is 24.6 Å². The first-order valence-corrected chi connectivity index (χ1v) is 6.48. The van der Waals surface area contributed by atoms with Crippen molar-refractivity contribution in [1.29, 1.82) is 0 Å². The van der Waals surface area contributed by atoms with Crippen molar-refractivity contribution in [3.05, 3.63) is 35.4 Å². The second-order valence-electron chi connectivity index (χ2n) is 5.12. The van der Waals surface area contributed by atoms with Crippen molar-refractivity contribution in [2.45, 2.75) is 25.8 Å². The summed E-state index contributed by atoms with van der Waals surface area (Å²) < 4.78 is 0. The molecule has 1 saturated carbocycles. The molecule has 0 unspecified atom stereocenters. The predicted octanol–water partition coefficient (Wildman–Crippen LogP) is 1.52. The summed E-state index contributed by atoms with van der Waals surface area (Å²) in [5, 5.41) is 0. The van der Waals surface area contributed by atoms with Crippen LogP contribution in [0.4, 0.5) is 0 Å². The number of hydrogen-bond acceptors (Lipinski definition) is 3. The number of nitrogen functional groups attached to an aromatic ring is 1. The molecule has 0 radical (unpaired) electrons. The van der Waals surface area contributed by atoms with E-state index in [2.05, 4.69) is 17.4 Å². The average molecular weight is 247 g/mol. The lowest BCUT2D eigenvalue weighted by Crippen LogP contribution is -2.33. The summed E-state index contributed by atoms with van der Waals surface area (Å²) in [6.45, 7) is 1.90. The molecule has 2 rings (SSSR count). The van der Waals surface area contributed by atoms with Gasteiger partial charge in [0.05, 0.1) is 0 Å². The summed E-state index contributed by atoms with van der Waals surface area (Å²) in [5.74, 6) is 5.82. The topological polar surface area (TPSA) is 58.4 Å². The quantitative estimate of drug-likeness (QED) is 0.471. The number of hydrazine groups is 1. The molecule has 0 saturated heterocycles. The van der Waals surface area contributed by atoms with Crippen molar-refractivity contribution in [1.82, 2.24) is 10.3 Å². The number of benzene rings is 1. The molecule has 0 spiro atoms. The number of nitrogens with one attached hydrogen (secondary N) is 1. The molecule has 1 aromatic rings. The lowest BCUT2D eigenvalue weighted by molar-refractivity contribution is 0.0951. The van der Waals surface area contributed by atoms with Gasteiger partial charge in [0.25, 0.3) is 5.91 Å². The van der Waals surface area contributed by atoms with Gasteiger partial charge in [0.15, 0.2) is 0 Å². The maximum atomic E-state index is 11.7. The Hall–Kier alpha value is -1.39. The van der Waals surface area contributed by atoms with E-state index in [0.29, 0.717) is 5.56 Å². The van der Waals surface area contributed by atoms with Gasteiger partial charge in [-0.2, -0.15) is 0 Å². The van der Waals surface area contributed by atoms with Crippen molar-refractivity contribution in [3.63, 3.8) is 0 Å². The van der Waals surface area contributed by atoms with Gasteiger partial charge in [-0.25, -0.2) is 5.84 Å². The van der Waals surface area contributed by atoms with Crippen LogP contribution < -0.4 is 11.3 Å². The Morgan fingerprint density at radius 2 is 2.17 bits per heavy atom. The van der Waals surface area contributed by atoms with E-state index in [1.807, 2.05) is 24.3 Å². The zero-order valence-corrected chi connectivity index (χ0v) is 10.9. The molecule has 1 amide bonds. The van der Waals surface area contributed by atoms with Gasteiger partial charge in [-0.15, -0.1) is 0 Å². The number of carbonyl (C=O) groups excluding carboxylic acids is 1. The van der Waals surface area contributed by atoms with E-state index >= 15 is 0 Å². The Balaban J connectivity index is 2.00. The predicted molar refractivity (Wildman–Crippen MR) is 71.8 cm³/mol. The second kappa shape index (κ2) is 5.98. The van der Waals surface area contributed by atoms with E-state index in [0.717, 1.165) is 24.6 Å². The number of amides is 1. The molecule has 3 N–H and O–H groups in total. The molecule has 18 heavy (non-hydrogen) atoms. The van der Waals surface area contributed by atoms with Gasteiger partial charge < -0.3 is 4.90 Å². The second-order valence-corrected chi connectivity index (χ2v) is 5.12. The fourth-order valence-corrected chi connectivity index (χ4v) is 2.43. The van der Waals surface area contributed by atoms with Crippen LogP contribution in [0, 0.1) is 5.92 Å². The van der Waals surface area contributed by atoms with Crippen LogP contribution in [0.25, 0.3) is 0 Å². The van der Waals surface area contributed by atoms with Crippen LogP contribution in [0.1, 0.15) is 35.2 Å². The van der Waals surface area contributed by atoms with Crippen molar-refractivity contribution in [3.8, 4) is 0 Å². The fourth-order valence-electron chi connectivity index (χ4n) is 2.43. The maximum Gasteiger partial charge on any atom is 0.265 e. The van der Waals surface area contributed by atoms with E-state index in [4.69, 9.17) is 5.84 Å². The zero-order chi connectivity index (χ0) is 13.0. The number of hydrogen-bond donors (Lipinski definition) is 2. The number of nitrogens with two attached hydrogens (primary N) is 1. The number of nitrogens with zero attached hydrogens (tertiary/aromatic N) is 1. The molecule has 4 heteroatoms. The Morgan fingerprint density at radius 3 is 2.78 bits per heavy atom. The van der Waals surface area contributed by atoms with Gasteiger partial charge in [-0.3, -0.25) is 10.2 Å². The van der Waals surface area contributed by atoms with Gasteiger partial charge in [0, 0.05) is 18.7 Å². The van der Waals surface area contributed by atoms with Crippen LogP contribution in [0.3, 0.4) is 0 Å². The zero-order valence-electron chi connectivity index (χ0n) is 10.9. The highest BCUT2D eigenvalue weighted by Gasteiger charge is 2.19. The highest BCUT2D eigenvalue weighted by Crippen LogP contribution is 2.27. The summed E-state index contributed by atoms with van der Waals surface area (Å²) in [6, 6.07) is 7.62. The average Bonchev–Trinajstić information content (AvgIpc) is 2.34. The molecule has 98 valence electrons. The van der Waals surface area contributed by atoms with Crippen LogP contribution in [-0.4, -0.2) is 24.4 Å². The van der Waals surface area contributed by atoms with Crippen molar-refractivity contribution in [2.24, 2.45) is 11.8 Å². The summed E-state index contributed by atoms with van der Waals surface area (Å²) in [5.41, 5.74) is 3.90. The third-order valence-electron chi connectivity index (χ3n) is 3.63. The van der Waals surface area contributed by atoms with E-state index in [-0.39, 0.29) is 5.91 Å². The van der Waals surface area contributed by atoms with Crippen LogP contribution in [0.2, 0.25) is 0 Å². The first kappa shape index (κ1) is 13.1. The molecule has 4 nitrogen and oxygen atoms in total. The van der Waals surface area contributed by atoms with Crippen LogP contribution in [-0.2, 0) is 6.54 Å². The SMILES string of the molecule is CN(Cc1ccccc1C(=O)NN)CC1CCC1. The van der Waals surface area contributed by atoms with Crippen LogP contribution in [0.15, 0.2) is 24.3 Å². The smallest absolute Gasteiger partial charge is 0.265 e. The van der Waals surface area contributed by atoms with E-state index < -0.39 is 0 Å². The standard InChI is InChI=1S/C14H21N3O/c1-17(9-11-5-4-6-11)10-12-7-2-3-8-13(12)14(18)16-15/h2-3,7-8,11H,4-6,9-10,15H2,1H3,(H,16,18). The molecule has 0 atom stereocenters. The maximum absolute atomic E-state index is 11.7. The Labute approximate surface area is 108 Å². The Bertz CT molecular complexity index is 415. The summed E-state index contributed by atoms with van der Waals surface area (Å²) >= 11 is 0. The van der Waals surface area contributed by atoms with E-state index in [1.54, 1.807) is 0 Å². The molecule has 0 aliphatic heterocycles. The number of rotatable bonds is 5. The van der Waals surface area contributed by atoms with Crippen molar-refractivity contribution >= 4 is 5.91 Å². The minimum Gasteiger partial charge on any atom is -0.302 e. The highest BCUT2D eigenvalue weighted by molar-refractivity contribution is 5.95. The highest BCUT2D eigenvalue weighted by atomic mass is 16.2. The largest absolute Gasteiger partial charge is 0.302 e.